The fourth-order valence-corrected chi connectivity index (χ4v) is 6.58. The molecule has 2 saturated heterocycles. The molecule has 0 spiro atoms. The number of rotatable bonds is 4. The van der Waals surface area contributed by atoms with Gasteiger partial charge in [0.1, 0.15) is 0 Å². The van der Waals surface area contributed by atoms with E-state index in [0.29, 0.717) is 44.5 Å². The molecule has 2 fully saturated rings. The van der Waals surface area contributed by atoms with Crippen LogP contribution < -0.4 is 5.32 Å². The molecule has 1 N–H and O–H groups in total. The first-order valence-corrected chi connectivity index (χ1v) is 12.2. The zero-order valence-corrected chi connectivity index (χ0v) is 17.9. The normalized spacial score (nSPS) is 24.6. The average Bonchev–Trinajstić information content (AvgIpc) is 3.21. The molecule has 1 aromatic carbocycles. The predicted octanol–water partition coefficient (Wildman–Crippen LogP) is 0.717. The molecule has 3 heterocycles. The summed E-state index contributed by atoms with van der Waals surface area (Å²) in [6.07, 6.45) is 1.56. The Morgan fingerprint density at radius 2 is 1.90 bits per heavy atom. The van der Waals surface area contributed by atoms with Crippen LogP contribution in [0.5, 0.6) is 0 Å². The number of carbonyl (C=O) groups is 3. The maximum atomic E-state index is 13.2. The molecular weight excluding hydrogens is 406 g/mol. The third kappa shape index (κ3) is 3.95. The van der Waals surface area contributed by atoms with Crippen LogP contribution in [0.15, 0.2) is 24.3 Å². The highest BCUT2D eigenvalue weighted by Crippen LogP contribution is 2.38. The van der Waals surface area contributed by atoms with E-state index in [0.717, 1.165) is 5.56 Å². The first kappa shape index (κ1) is 20.8. The van der Waals surface area contributed by atoms with E-state index in [1.54, 1.807) is 15.9 Å². The molecule has 0 aliphatic carbocycles. The number of hydrogen-bond acceptors (Lipinski definition) is 5. The van der Waals surface area contributed by atoms with Crippen molar-refractivity contribution in [2.75, 3.05) is 24.6 Å². The number of nitrogens with zero attached hydrogens (tertiary/aromatic N) is 2. The molecule has 3 aliphatic heterocycles. The van der Waals surface area contributed by atoms with Crippen LogP contribution in [0.1, 0.15) is 48.5 Å². The molecule has 0 aromatic heterocycles. The lowest BCUT2D eigenvalue weighted by Gasteiger charge is -2.47. The van der Waals surface area contributed by atoms with Crippen molar-refractivity contribution in [3.05, 3.63) is 35.4 Å². The summed E-state index contributed by atoms with van der Waals surface area (Å²) in [5, 5.41) is 2.86. The van der Waals surface area contributed by atoms with E-state index >= 15 is 0 Å². The number of likely N-dealkylation sites (tertiary alicyclic amines) is 1. The number of benzene rings is 1. The zero-order chi connectivity index (χ0) is 21.5. The Morgan fingerprint density at radius 3 is 2.50 bits per heavy atom. The second kappa shape index (κ2) is 7.68. The van der Waals surface area contributed by atoms with Gasteiger partial charge in [-0.1, -0.05) is 18.2 Å². The summed E-state index contributed by atoms with van der Waals surface area (Å²) in [6, 6.07) is 7.09. The zero-order valence-electron chi connectivity index (χ0n) is 17.1. The Balaban J connectivity index is 1.54. The van der Waals surface area contributed by atoms with E-state index in [9.17, 15) is 22.8 Å². The van der Waals surface area contributed by atoms with Crippen molar-refractivity contribution in [2.45, 2.75) is 50.7 Å². The van der Waals surface area contributed by atoms with Crippen molar-refractivity contribution in [1.29, 1.82) is 0 Å². The number of amides is 3. The van der Waals surface area contributed by atoms with Crippen LogP contribution in [0.4, 0.5) is 0 Å². The van der Waals surface area contributed by atoms with Gasteiger partial charge in [-0.3, -0.25) is 14.4 Å². The van der Waals surface area contributed by atoms with Gasteiger partial charge in [-0.2, -0.15) is 0 Å². The smallest absolute Gasteiger partial charge is 0.254 e. The third-order valence-electron chi connectivity index (χ3n) is 6.62. The molecule has 0 bridgehead atoms. The molecule has 4 rings (SSSR count). The van der Waals surface area contributed by atoms with Crippen molar-refractivity contribution in [2.24, 2.45) is 0 Å². The van der Waals surface area contributed by atoms with Crippen LogP contribution in [0.3, 0.4) is 0 Å². The highest BCUT2D eigenvalue weighted by molar-refractivity contribution is 7.91. The minimum atomic E-state index is -3.09. The summed E-state index contributed by atoms with van der Waals surface area (Å²) in [4.78, 5) is 41.4. The summed E-state index contributed by atoms with van der Waals surface area (Å²) in [7, 11) is -3.09. The lowest BCUT2D eigenvalue weighted by atomic mass is 9.82. The van der Waals surface area contributed by atoms with Crippen LogP contribution >= 0.6 is 0 Å². The topological polar surface area (TPSA) is 104 Å². The Hall–Kier alpha value is -2.42. The van der Waals surface area contributed by atoms with Gasteiger partial charge in [-0.25, -0.2) is 8.42 Å². The third-order valence-corrected chi connectivity index (χ3v) is 8.39. The fourth-order valence-electron chi connectivity index (χ4n) is 4.90. The maximum absolute atomic E-state index is 13.2. The number of nitrogens with one attached hydrogen (secondary N) is 1. The molecular formula is C21H27N3O5S. The standard InChI is InChI=1S/C21H27N3O5S/c1-15(25)23-9-7-21(8-10-23,12-19(26)22-17-6-11-30(28,29)14-17)24-13-16-4-2-3-5-18(16)20(24)27/h2-5,17H,6-14H2,1H3,(H,22,26). The van der Waals surface area contributed by atoms with Gasteiger partial charge in [0.2, 0.25) is 11.8 Å². The summed E-state index contributed by atoms with van der Waals surface area (Å²) >= 11 is 0. The Bertz CT molecular complexity index is 982. The van der Waals surface area contributed by atoms with Gasteiger partial charge in [-0.15, -0.1) is 0 Å². The molecule has 1 aromatic rings. The van der Waals surface area contributed by atoms with Gasteiger partial charge >= 0.3 is 0 Å². The number of hydrogen-bond donors (Lipinski definition) is 1. The first-order valence-electron chi connectivity index (χ1n) is 10.3. The second-order valence-corrected chi connectivity index (χ2v) is 10.9. The van der Waals surface area contributed by atoms with Crippen molar-refractivity contribution in [3.63, 3.8) is 0 Å². The van der Waals surface area contributed by atoms with Crippen LogP contribution in [-0.2, 0) is 26.0 Å². The van der Waals surface area contributed by atoms with Crippen molar-refractivity contribution in [3.8, 4) is 0 Å². The largest absolute Gasteiger partial charge is 0.352 e. The highest BCUT2D eigenvalue weighted by atomic mass is 32.2. The maximum Gasteiger partial charge on any atom is 0.254 e. The molecule has 9 heteroatoms. The van der Waals surface area contributed by atoms with Gasteiger partial charge in [-0.05, 0) is 30.9 Å². The minimum absolute atomic E-state index is 0.0137. The van der Waals surface area contributed by atoms with Crippen molar-refractivity contribution < 1.29 is 22.8 Å². The number of sulfone groups is 1. The Kier molecular flexibility index (Phi) is 5.34. The monoisotopic (exact) mass is 433 g/mol. The summed E-state index contributed by atoms with van der Waals surface area (Å²) in [5.41, 5.74) is 0.912. The van der Waals surface area contributed by atoms with Gasteiger partial charge in [0.05, 0.1) is 23.5 Å². The lowest BCUT2D eigenvalue weighted by molar-refractivity contribution is -0.132. The molecule has 3 amide bonds. The van der Waals surface area contributed by atoms with E-state index in [1.807, 2.05) is 18.2 Å². The van der Waals surface area contributed by atoms with E-state index < -0.39 is 15.4 Å². The SMILES string of the molecule is CC(=O)N1CCC(CC(=O)NC2CCS(=O)(=O)C2)(N2Cc3ccccc3C2=O)CC1. The molecule has 1 unspecified atom stereocenters. The van der Waals surface area contributed by atoms with Crippen LogP contribution in [-0.4, -0.2) is 72.1 Å². The Labute approximate surface area is 176 Å². The minimum Gasteiger partial charge on any atom is -0.352 e. The molecule has 8 nitrogen and oxygen atoms in total. The van der Waals surface area contributed by atoms with Gasteiger partial charge in [0, 0.05) is 38.2 Å². The highest BCUT2D eigenvalue weighted by Gasteiger charge is 2.47. The molecule has 1 atom stereocenters. The molecule has 3 aliphatic rings. The molecule has 0 saturated carbocycles. The van der Waals surface area contributed by atoms with Gasteiger partial charge in [0.25, 0.3) is 5.91 Å². The summed E-state index contributed by atoms with van der Waals surface area (Å²) < 4.78 is 23.4. The lowest BCUT2D eigenvalue weighted by Crippen LogP contribution is -2.58. The summed E-state index contributed by atoms with van der Waals surface area (Å²) in [5.74, 6) is -0.273. The van der Waals surface area contributed by atoms with Crippen LogP contribution in [0.2, 0.25) is 0 Å². The number of fused-ring (bicyclic) bond motifs is 1. The van der Waals surface area contributed by atoms with Gasteiger partial charge in [0.15, 0.2) is 9.84 Å². The van der Waals surface area contributed by atoms with Crippen LogP contribution in [0, 0.1) is 0 Å². The van der Waals surface area contributed by atoms with Crippen molar-refractivity contribution in [1.82, 2.24) is 15.1 Å². The second-order valence-electron chi connectivity index (χ2n) is 8.62. The number of piperidine rings is 1. The molecule has 0 radical (unpaired) electrons. The summed E-state index contributed by atoms with van der Waals surface area (Å²) in [6.45, 7) is 2.94. The first-order chi connectivity index (χ1) is 14.2. The van der Waals surface area contributed by atoms with Crippen molar-refractivity contribution >= 4 is 27.6 Å². The molecule has 162 valence electrons. The van der Waals surface area contributed by atoms with E-state index in [1.165, 1.54) is 6.92 Å². The number of carbonyl (C=O) groups excluding carboxylic acids is 3. The Morgan fingerprint density at radius 1 is 1.20 bits per heavy atom. The fraction of sp³-hybridized carbons (Fsp3) is 0.571. The predicted molar refractivity (Wildman–Crippen MR) is 110 cm³/mol. The van der Waals surface area contributed by atoms with Crippen LogP contribution in [0.25, 0.3) is 0 Å². The van der Waals surface area contributed by atoms with E-state index in [4.69, 9.17) is 0 Å². The average molecular weight is 434 g/mol. The quantitative estimate of drug-likeness (QED) is 0.753. The van der Waals surface area contributed by atoms with Gasteiger partial charge < -0.3 is 15.1 Å². The van der Waals surface area contributed by atoms with E-state index in [-0.39, 0.29) is 41.7 Å². The molecule has 30 heavy (non-hydrogen) atoms. The van der Waals surface area contributed by atoms with E-state index in [2.05, 4.69) is 5.32 Å².